The summed E-state index contributed by atoms with van der Waals surface area (Å²) in [4.78, 5) is 22.9. The van der Waals surface area contributed by atoms with E-state index in [1.165, 1.54) is 83.5 Å². The van der Waals surface area contributed by atoms with Crippen molar-refractivity contribution in [3.8, 4) is 11.5 Å². The number of aryl methyl sites for hydroxylation is 1. The molecule has 0 saturated heterocycles. The maximum absolute atomic E-state index is 12.5. The molecule has 0 radical (unpaired) electrons. The van der Waals surface area contributed by atoms with Crippen molar-refractivity contribution in [2.45, 2.75) is 123 Å². The summed E-state index contributed by atoms with van der Waals surface area (Å²) in [5, 5.41) is 0. The Morgan fingerprint density at radius 2 is 1.21 bits per heavy atom. The molecular formula is C26H42O3. The van der Waals surface area contributed by atoms with E-state index in [1.807, 2.05) is 12.1 Å². The van der Waals surface area contributed by atoms with Crippen LogP contribution < -0.4 is 9.78 Å². The van der Waals surface area contributed by atoms with E-state index in [0.717, 1.165) is 24.8 Å². The molecule has 0 fully saturated rings. The standard InChI is InChI=1S/C26H42O3/c1-3-5-6-7-8-9-10-11-12-13-14-15-16-17-18-19-25(27)24-21-23-20-22(4-2)26(24)29-28-23/h20-21H,3-19H2,1-2H3. The van der Waals surface area contributed by atoms with Gasteiger partial charge in [-0.2, -0.15) is 0 Å². The molecule has 1 aromatic carbocycles. The molecule has 0 unspecified atom stereocenters. The minimum atomic E-state index is 0.189. The molecule has 3 rings (SSSR count). The molecule has 2 bridgehead atoms. The Morgan fingerprint density at radius 1 is 0.690 bits per heavy atom. The van der Waals surface area contributed by atoms with E-state index in [4.69, 9.17) is 9.78 Å². The van der Waals surface area contributed by atoms with Gasteiger partial charge < -0.3 is 0 Å². The summed E-state index contributed by atoms with van der Waals surface area (Å²) < 4.78 is 0. The lowest BCUT2D eigenvalue weighted by atomic mass is 9.98. The minimum Gasteiger partial charge on any atom is -0.294 e. The second-order valence-corrected chi connectivity index (χ2v) is 8.60. The lowest BCUT2D eigenvalue weighted by Crippen LogP contribution is -2.15. The third-order valence-electron chi connectivity index (χ3n) is 6.05. The molecule has 0 aromatic heterocycles. The second-order valence-electron chi connectivity index (χ2n) is 8.60. The molecule has 164 valence electrons. The molecule has 2 aliphatic heterocycles. The number of ketones is 1. The predicted octanol–water partition coefficient (Wildman–Crippen LogP) is 8.38. The van der Waals surface area contributed by atoms with E-state index in [1.54, 1.807) is 0 Å². The number of hydrogen-bond donors (Lipinski definition) is 0. The molecule has 3 heteroatoms. The molecule has 2 heterocycles. The van der Waals surface area contributed by atoms with Crippen molar-refractivity contribution in [2.75, 3.05) is 0 Å². The number of fused-ring (bicyclic) bond motifs is 3. The van der Waals surface area contributed by atoms with Gasteiger partial charge in [0.15, 0.2) is 17.3 Å². The Kier molecular flexibility index (Phi) is 11.9. The molecule has 0 atom stereocenters. The molecule has 0 aliphatic carbocycles. The van der Waals surface area contributed by atoms with Gasteiger partial charge in [0.2, 0.25) is 0 Å². The zero-order valence-electron chi connectivity index (χ0n) is 18.9. The molecule has 0 saturated carbocycles. The predicted molar refractivity (Wildman–Crippen MR) is 121 cm³/mol. The summed E-state index contributed by atoms with van der Waals surface area (Å²) in [6.07, 6.45) is 21.6. The Labute approximate surface area is 178 Å². The third-order valence-corrected chi connectivity index (χ3v) is 6.05. The van der Waals surface area contributed by atoms with Crippen LogP contribution in [0.2, 0.25) is 0 Å². The van der Waals surface area contributed by atoms with E-state index in [0.29, 0.717) is 23.5 Å². The fourth-order valence-electron chi connectivity index (χ4n) is 4.16. The first-order valence-electron chi connectivity index (χ1n) is 12.3. The number of hydrogen-bond acceptors (Lipinski definition) is 3. The van der Waals surface area contributed by atoms with Crippen molar-refractivity contribution in [3.63, 3.8) is 0 Å². The molecule has 1 aromatic rings. The van der Waals surface area contributed by atoms with Gasteiger partial charge in [-0.25, -0.2) is 0 Å². The Hall–Kier alpha value is -1.51. The van der Waals surface area contributed by atoms with Crippen molar-refractivity contribution < 1.29 is 14.6 Å². The smallest absolute Gasteiger partial charge is 0.192 e. The van der Waals surface area contributed by atoms with Crippen molar-refractivity contribution >= 4 is 5.78 Å². The molecule has 29 heavy (non-hydrogen) atoms. The first kappa shape index (κ1) is 23.8. The van der Waals surface area contributed by atoms with Gasteiger partial charge >= 0.3 is 0 Å². The Bertz CT molecular complexity index is 594. The lowest BCUT2D eigenvalue weighted by molar-refractivity contribution is -0.109. The van der Waals surface area contributed by atoms with Crippen molar-refractivity contribution in [1.82, 2.24) is 0 Å². The van der Waals surface area contributed by atoms with E-state index >= 15 is 0 Å². The van der Waals surface area contributed by atoms with E-state index in [2.05, 4.69) is 13.8 Å². The van der Waals surface area contributed by atoms with Gasteiger partial charge in [-0.05, 0) is 18.9 Å². The van der Waals surface area contributed by atoms with Crippen LogP contribution in [0.25, 0.3) is 0 Å². The zero-order chi connectivity index (χ0) is 20.7. The molecular weight excluding hydrogens is 360 g/mol. The summed E-state index contributed by atoms with van der Waals surface area (Å²) in [5.41, 5.74) is 1.77. The summed E-state index contributed by atoms with van der Waals surface area (Å²) in [6, 6.07) is 3.79. The van der Waals surface area contributed by atoms with Gasteiger partial charge in [-0.1, -0.05) is 104 Å². The zero-order valence-corrected chi connectivity index (χ0v) is 18.9. The minimum absolute atomic E-state index is 0.189. The molecule has 3 nitrogen and oxygen atoms in total. The highest BCUT2D eigenvalue weighted by molar-refractivity contribution is 5.99. The summed E-state index contributed by atoms with van der Waals surface area (Å²) in [6.45, 7) is 4.35. The fourth-order valence-corrected chi connectivity index (χ4v) is 4.16. The fraction of sp³-hybridized carbons (Fsp3) is 0.731. The highest BCUT2D eigenvalue weighted by Crippen LogP contribution is 2.36. The SMILES string of the molecule is CCCCCCCCCCCCCCCCCC(=O)c1cc2cc(CC)c1OO2. The Balaban J connectivity index is 1.42. The van der Waals surface area contributed by atoms with Crippen molar-refractivity contribution in [2.24, 2.45) is 0 Å². The number of Topliss-reactive ketones (excluding diaryl/α,β-unsaturated/α-hetero) is 1. The van der Waals surface area contributed by atoms with Crippen molar-refractivity contribution in [1.29, 1.82) is 0 Å². The van der Waals surface area contributed by atoms with Gasteiger partial charge in [-0.15, -0.1) is 0 Å². The summed E-state index contributed by atoms with van der Waals surface area (Å²) in [7, 11) is 0. The number of carbonyl (C=O) groups is 1. The van der Waals surface area contributed by atoms with Gasteiger partial charge in [-0.3, -0.25) is 14.6 Å². The average Bonchev–Trinajstić information content (AvgIpc) is 2.76. The first-order chi connectivity index (χ1) is 14.3. The average molecular weight is 403 g/mol. The summed E-state index contributed by atoms with van der Waals surface area (Å²) >= 11 is 0. The van der Waals surface area contributed by atoms with Crippen LogP contribution in [0.3, 0.4) is 0 Å². The normalized spacial score (nSPS) is 12.1. The van der Waals surface area contributed by atoms with Crippen LogP contribution in [-0.4, -0.2) is 5.78 Å². The van der Waals surface area contributed by atoms with Crippen LogP contribution in [0.1, 0.15) is 133 Å². The van der Waals surface area contributed by atoms with E-state index in [-0.39, 0.29) is 5.78 Å². The van der Waals surface area contributed by atoms with Gasteiger partial charge in [0.1, 0.15) is 0 Å². The quantitative estimate of drug-likeness (QED) is 0.140. The van der Waals surface area contributed by atoms with E-state index in [9.17, 15) is 4.79 Å². The number of unbranched alkanes of at least 4 members (excludes halogenated alkanes) is 14. The highest BCUT2D eigenvalue weighted by Gasteiger charge is 2.23. The number of carbonyl (C=O) groups excluding carboxylic acids is 1. The number of benzene rings is 1. The Morgan fingerprint density at radius 3 is 1.69 bits per heavy atom. The molecule has 2 aliphatic rings. The molecule has 0 N–H and O–H groups in total. The second kappa shape index (κ2) is 14.5. The first-order valence-corrected chi connectivity index (χ1v) is 12.3. The van der Waals surface area contributed by atoms with E-state index < -0.39 is 0 Å². The van der Waals surface area contributed by atoms with Crippen LogP contribution in [0, 0.1) is 0 Å². The topological polar surface area (TPSA) is 35.5 Å². The largest absolute Gasteiger partial charge is 0.294 e. The molecule has 0 amide bonds. The third kappa shape index (κ3) is 8.80. The number of rotatable bonds is 18. The van der Waals surface area contributed by atoms with Crippen LogP contribution in [0.4, 0.5) is 0 Å². The lowest BCUT2D eigenvalue weighted by Gasteiger charge is -2.20. The summed E-state index contributed by atoms with van der Waals surface area (Å²) in [5.74, 6) is 1.47. The van der Waals surface area contributed by atoms with Gasteiger partial charge in [0, 0.05) is 18.1 Å². The maximum atomic E-state index is 12.5. The van der Waals surface area contributed by atoms with Crippen LogP contribution >= 0.6 is 0 Å². The van der Waals surface area contributed by atoms with Crippen LogP contribution in [-0.2, 0) is 6.42 Å². The van der Waals surface area contributed by atoms with Crippen LogP contribution in [0.5, 0.6) is 11.5 Å². The monoisotopic (exact) mass is 402 g/mol. The maximum Gasteiger partial charge on any atom is 0.192 e. The van der Waals surface area contributed by atoms with Crippen LogP contribution in [0.15, 0.2) is 12.1 Å². The van der Waals surface area contributed by atoms with Crippen molar-refractivity contribution in [3.05, 3.63) is 23.3 Å². The highest BCUT2D eigenvalue weighted by atomic mass is 17.2. The van der Waals surface area contributed by atoms with Gasteiger partial charge in [0.25, 0.3) is 0 Å². The molecule has 0 spiro atoms. The van der Waals surface area contributed by atoms with Gasteiger partial charge in [0.05, 0.1) is 5.56 Å².